The number of esters is 1. The molecule has 0 amide bonds. The van der Waals surface area contributed by atoms with Crippen LogP contribution < -0.4 is 29.8 Å². The summed E-state index contributed by atoms with van der Waals surface area (Å²) in [5.41, 5.74) is 4.89. The Kier molecular flexibility index (Phi) is 64.8. The van der Waals surface area contributed by atoms with Gasteiger partial charge in [0.1, 0.15) is 6.04 Å². The van der Waals surface area contributed by atoms with Crippen LogP contribution in [0.25, 0.3) is 0 Å². The van der Waals surface area contributed by atoms with Crippen LogP contribution in [-0.4, -0.2) is 169 Å². The Hall–Kier alpha value is -1.60. The number of hydrogen-bond donors (Lipinski definition) is 5. The summed E-state index contributed by atoms with van der Waals surface area (Å²) in [6.07, 6.45) is 13.4. The number of carbonyl (C=O) groups excluding carboxylic acids is 2. The Morgan fingerprint density at radius 3 is 1.52 bits per heavy atom. The number of aryl methyl sites for hydroxylation is 2. The Labute approximate surface area is 523 Å². The van der Waals surface area contributed by atoms with Crippen LogP contribution in [0.2, 0.25) is 0 Å². The van der Waals surface area contributed by atoms with Gasteiger partial charge in [0.25, 0.3) is 5.79 Å². The number of rotatable bonds is 7. The van der Waals surface area contributed by atoms with Gasteiger partial charge in [-0.05, 0) is 167 Å². The summed E-state index contributed by atoms with van der Waals surface area (Å²) in [5, 5.41) is 34.5. The minimum atomic E-state index is -1.06. The van der Waals surface area contributed by atoms with Gasteiger partial charge in [0.15, 0.2) is 17.3 Å². The van der Waals surface area contributed by atoms with Gasteiger partial charge in [0.2, 0.25) is 0 Å². The maximum absolute atomic E-state index is 11.7. The third kappa shape index (κ3) is 38.4. The Balaban J connectivity index is -0.000000197. The molecule has 8 heterocycles. The van der Waals surface area contributed by atoms with Crippen molar-refractivity contribution in [1.82, 2.24) is 40.5 Å². The molecule has 6 unspecified atom stereocenters. The van der Waals surface area contributed by atoms with Gasteiger partial charge in [-0.3, -0.25) is 34.2 Å². The van der Waals surface area contributed by atoms with Crippen molar-refractivity contribution >= 4 is 72.8 Å². The number of nitrogens with one attached hydrogen (secondary N) is 2. The molecule has 80 heavy (non-hydrogen) atoms. The molecule has 0 aromatic carbocycles. The predicted octanol–water partition coefficient (Wildman–Crippen LogP) is 9.51. The summed E-state index contributed by atoms with van der Waals surface area (Å²) in [7, 11) is 13.2. The summed E-state index contributed by atoms with van der Waals surface area (Å²) in [4.78, 5) is 40.2. The zero-order valence-corrected chi connectivity index (χ0v) is 61.3. The first-order valence-corrected chi connectivity index (χ1v) is 41.3. The van der Waals surface area contributed by atoms with E-state index in [0.717, 1.165) is 105 Å². The summed E-state index contributed by atoms with van der Waals surface area (Å²) in [6, 6.07) is 5.15. The molecule has 0 saturated carbocycles. The van der Waals surface area contributed by atoms with Crippen molar-refractivity contribution in [1.29, 1.82) is 0 Å². The number of aliphatic hydroxyl groups is 1. The van der Waals surface area contributed by atoms with Crippen LogP contribution in [0.5, 0.6) is 0 Å². The minimum absolute atomic E-state index is 0. The van der Waals surface area contributed by atoms with Crippen LogP contribution in [0.3, 0.4) is 0 Å². The first-order valence-electron chi connectivity index (χ1n) is 28.7. The average Bonchev–Trinajstić information content (AvgIpc) is 4.33. The van der Waals surface area contributed by atoms with E-state index >= 15 is 0 Å². The first kappa shape index (κ1) is 89.6. The normalized spacial score (nSPS) is 22.2. The second-order valence-corrected chi connectivity index (χ2v) is 34.4. The van der Waals surface area contributed by atoms with Crippen molar-refractivity contribution in [3.8, 4) is 0 Å². The molecule has 6 aliphatic rings. The van der Waals surface area contributed by atoms with E-state index in [0.29, 0.717) is 31.8 Å². The number of hydrogen-bond acceptors (Lipinski definition) is 19. The van der Waals surface area contributed by atoms with Crippen LogP contribution in [-0.2, 0) is 19.2 Å². The number of carbonyl (C=O) groups is 2. The molecule has 8 rings (SSSR count). The van der Waals surface area contributed by atoms with Crippen molar-refractivity contribution < 1.29 is 51.8 Å². The average molecular weight is 1500 g/mol. The predicted molar refractivity (Wildman–Crippen MR) is 350 cm³/mol. The third-order valence-corrected chi connectivity index (χ3v) is 12.5. The van der Waals surface area contributed by atoms with E-state index in [4.69, 9.17) is 19.1 Å². The molecule has 2 aromatic heterocycles. The summed E-state index contributed by atoms with van der Waals surface area (Å²) in [5.74, 6) is 4.58. The molecule has 6 aliphatic heterocycles. The number of ketones is 1. The topological polar surface area (TPSA) is 233 Å². The Bertz CT molecular complexity index is 1840. The number of allylic oxidation sites excluding steroid dienone is 1. The first-order chi connectivity index (χ1) is 37.8. The van der Waals surface area contributed by atoms with Gasteiger partial charge in [-0.2, -0.15) is 0 Å². The van der Waals surface area contributed by atoms with Gasteiger partial charge >= 0.3 is 56.5 Å². The number of nitrogens with two attached hydrogens (primary N) is 1. The number of halogens is 4. The largest absolute Gasteiger partial charge is 0.320 e. The molecule has 0 aliphatic carbocycles. The number of likely N-dealkylation sites (N-methyl/N-ethyl adjacent to an activating group) is 3. The molecule has 6 atom stereocenters. The number of nitrogens with zero attached hydrogens (tertiary/aromatic N) is 8. The van der Waals surface area contributed by atoms with E-state index in [1.165, 1.54) is 39.3 Å². The smallest absolute Gasteiger partial charge is 0.219 e. The summed E-state index contributed by atoms with van der Waals surface area (Å²) in [6.45, 7) is 37.0. The van der Waals surface area contributed by atoms with Crippen LogP contribution in [0, 0.1) is 13.8 Å². The molecule has 5 fully saturated rings. The van der Waals surface area contributed by atoms with Gasteiger partial charge < -0.3 is 39.6 Å². The van der Waals surface area contributed by atoms with Gasteiger partial charge in [-0.25, -0.2) is 5.90 Å². The van der Waals surface area contributed by atoms with E-state index < -0.39 is 5.79 Å². The number of aliphatic imine (C=N–C) groups is 1. The minimum Gasteiger partial charge on any atom is -0.320 e. The standard InChI is InChI=1S/C10H18N2O.C9H16N2O2.C9H14N2O.C8H12N2O.C7H13NO2.C4H9N.5C2H6.ClH.I3.H3NO/c1-8(11-2)7-10(13)9-5-4-6-12(9)3;1-7-6-9(12,13-10-7)8-4-3-5-11(8)2;1-7-6-9(12-10-7)8-4-3-5-11(8)2;1-6-5-8(11-10-6)7-3-2-4-9-7;1-8-5-3-4-6(8)7(9)10-2;1-4(2)5-3;5*1-2;;1-3-2;1-2/h7,9,11H,4-6H2,1-3H3;8,12H,3-6H2,1-2H3;6,8H,3-5H2,1-2H3;5,7,9H,2-4H2,1H3;6H,3-5H2,1-2H3;1-3H3;5*1-2H3;1H;;2H,1H2/q;;;;;;;;;;;;-1;/b8-7-;;;;;;;;;;;;;. The SMILES string of the molecule is CC.CC.CC.CC.CC.CC1=NOC(O)(C2CCCN2C)C1.CN/C(C)=C\C(=O)C1CCCN1C.CN=C(C)C.COC(=O)C1CCCN1C.Cc1cc(C2CCCN2)on1.Cc1cc(C2CCCN2C)on1.Cl.I[I-]I.NO. The third-order valence-electron chi connectivity index (χ3n) is 12.5. The van der Waals surface area contributed by atoms with Crippen molar-refractivity contribution in [3.05, 3.63) is 46.8 Å². The number of ether oxygens (including phenoxy) is 1. The van der Waals surface area contributed by atoms with Gasteiger partial charge in [0, 0.05) is 43.7 Å². The number of oxime groups is 1. The van der Waals surface area contributed by atoms with Crippen molar-refractivity contribution in [3.63, 3.8) is 0 Å². The molecule has 0 radical (unpaired) electrons. The van der Waals surface area contributed by atoms with Gasteiger partial charge in [-0.1, -0.05) is 84.7 Å². The Morgan fingerprint density at radius 1 is 0.762 bits per heavy atom. The maximum Gasteiger partial charge on any atom is -0.219 e. The maximum atomic E-state index is 11.7. The van der Waals surface area contributed by atoms with Crippen molar-refractivity contribution in [2.24, 2.45) is 16.0 Å². The van der Waals surface area contributed by atoms with Crippen LogP contribution >= 0.6 is 49.6 Å². The van der Waals surface area contributed by atoms with E-state index in [-0.39, 0.29) is 42.3 Å². The van der Waals surface area contributed by atoms with Crippen molar-refractivity contribution in [2.75, 3.05) is 82.1 Å². The quantitative estimate of drug-likeness (QED) is 0.0571. The van der Waals surface area contributed by atoms with Crippen LogP contribution in [0.4, 0.5) is 0 Å². The Morgan fingerprint density at radius 2 is 1.20 bits per heavy atom. The molecule has 0 spiro atoms. The fourth-order valence-electron chi connectivity index (χ4n) is 8.53. The molecule has 23 heteroatoms. The summed E-state index contributed by atoms with van der Waals surface area (Å²) >= 11 is 5.30. The van der Waals surface area contributed by atoms with Crippen molar-refractivity contribution in [2.45, 2.75) is 217 Å². The molecule has 2 aromatic rings. The monoisotopic (exact) mass is 1500 g/mol. The number of aromatic nitrogens is 2. The second-order valence-electron chi connectivity index (χ2n) is 18.1. The van der Waals surface area contributed by atoms with Gasteiger partial charge in [0.05, 0.1) is 54.8 Å². The summed E-state index contributed by atoms with van der Waals surface area (Å²) < 4.78 is 15.0. The number of methoxy groups -OCH3 is 1. The molecule has 6 N–H and O–H groups in total. The second kappa shape index (κ2) is 57.8. The van der Waals surface area contributed by atoms with E-state index in [1.54, 1.807) is 13.1 Å². The molecule has 5 saturated heterocycles. The van der Waals surface area contributed by atoms with Gasteiger partial charge in [-0.15, -0.1) is 12.4 Å². The van der Waals surface area contributed by atoms with E-state index in [1.807, 2.05) is 156 Å². The molecular weight excluding hydrogens is 1380 g/mol. The van der Waals surface area contributed by atoms with Crippen LogP contribution in [0.1, 0.15) is 203 Å². The zero-order valence-electron chi connectivity index (χ0n) is 54.0. The van der Waals surface area contributed by atoms with E-state index in [2.05, 4.69) is 101 Å². The molecule has 0 bridgehead atoms. The van der Waals surface area contributed by atoms with Crippen LogP contribution in [0.15, 0.2) is 43.1 Å². The molecule has 476 valence electrons. The fraction of sp³-hybridized carbons (Fsp3) is 0.789. The fourth-order valence-corrected chi connectivity index (χ4v) is 8.53. The molecule has 19 nitrogen and oxygen atoms in total. The zero-order chi connectivity index (χ0) is 62.1. The number of likely N-dealkylation sites (tertiary alicyclic amines) is 4. The van der Waals surface area contributed by atoms with E-state index in [9.17, 15) is 14.7 Å². The molecular formula is C57H116ClI3N11O8-.